The first-order chi connectivity index (χ1) is 10.1. The van der Waals surface area contributed by atoms with Crippen molar-refractivity contribution in [3.05, 3.63) is 59.9 Å². The van der Waals surface area contributed by atoms with Gasteiger partial charge in [-0.05, 0) is 54.7 Å². The molecule has 0 aromatic heterocycles. The normalized spacial score (nSPS) is 20.7. The molecule has 0 amide bonds. The zero-order valence-corrected chi connectivity index (χ0v) is 12.5. The quantitative estimate of drug-likeness (QED) is 0.903. The molecule has 0 spiro atoms. The molecular weight excluding hydrogens is 263 g/mol. The van der Waals surface area contributed by atoms with Gasteiger partial charge in [-0.1, -0.05) is 18.2 Å². The molecule has 0 unspecified atom stereocenters. The van der Waals surface area contributed by atoms with Crippen molar-refractivity contribution in [1.82, 2.24) is 0 Å². The van der Waals surface area contributed by atoms with E-state index in [0.717, 1.165) is 12.8 Å². The Balaban J connectivity index is 1.57. The number of hydrogen-bond acceptors (Lipinski definition) is 2. The zero-order valence-electron chi connectivity index (χ0n) is 12.5. The van der Waals surface area contributed by atoms with E-state index in [-0.39, 0.29) is 5.82 Å². The van der Waals surface area contributed by atoms with E-state index in [0.29, 0.717) is 12.0 Å². The molecule has 0 saturated heterocycles. The fourth-order valence-corrected chi connectivity index (χ4v) is 2.85. The van der Waals surface area contributed by atoms with Gasteiger partial charge >= 0.3 is 0 Å². The number of nitrogens with one attached hydrogen (secondary N) is 1. The molecule has 0 aliphatic heterocycles. The van der Waals surface area contributed by atoms with Gasteiger partial charge in [-0.25, -0.2) is 4.39 Å². The molecule has 2 aromatic rings. The Morgan fingerprint density at radius 2 is 1.76 bits per heavy atom. The SMILES string of the molecule is CN(C)c1cccc(NC2CC(c3ccc(F)cc3)C2)c1. The largest absolute Gasteiger partial charge is 0.382 e. The van der Waals surface area contributed by atoms with Gasteiger partial charge in [0.25, 0.3) is 0 Å². The highest BCUT2D eigenvalue weighted by Crippen LogP contribution is 2.38. The summed E-state index contributed by atoms with van der Waals surface area (Å²) in [4.78, 5) is 2.10. The van der Waals surface area contributed by atoms with Crippen LogP contribution in [0.3, 0.4) is 0 Å². The van der Waals surface area contributed by atoms with E-state index in [4.69, 9.17) is 0 Å². The molecule has 0 radical (unpaired) electrons. The second-order valence-electron chi connectivity index (χ2n) is 6.01. The second-order valence-corrected chi connectivity index (χ2v) is 6.01. The first-order valence-electron chi connectivity index (χ1n) is 7.41. The molecule has 0 heterocycles. The van der Waals surface area contributed by atoms with Crippen LogP contribution in [0.15, 0.2) is 48.5 Å². The van der Waals surface area contributed by atoms with Crippen LogP contribution in [0, 0.1) is 5.82 Å². The first kappa shape index (κ1) is 13.9. The Kier molecular flexibility index (Phi) is 3.82. The van der Waals surface area contributed by atoms with Crippen LogP contribution in [-0.2, 0) is 0 Å². The van der Waals surface area contributed by atoms with Crippen molar-refractivity contribution in [3.63, 3.8) is 0 Å². The number of benzene rings is 2. The highest BCUT2D eigenvalue weighted by Gasteiger charge is 2.30. The molecule has 0 atom stereocenters. The molecule has 110 valence electrons. The van der Waals surface area contributed by atoms with Crippen molar-refractivity contribution in [1.29, 1.82) is 0 Å². The van der Waals surface area contributed by atoms with Crippen LogP contribution in [0.5, 0.6) is 0 Å². The van der Waals surface area contributed by atoms with Crippen molar-refractivity contribution < 1.29 is 4.39 Å². The summed E-state index contributed by atoms with van der Waals surface area (Å²) < 4.78 is 12.9. The average Bonchev–Trinajstić information content (AvgIpc) is 2.44. The third-order valence-corrected chi connectivity index (χ3v) is 4.21. The predicted octanol–water partition coefficient (Wildman–Crippen LogP) is 4.25. The highest BCUT2D eigenvalue weighted by molar-refractivity contribution is 5.58. The molecular formula is C18H21FN2. The molecule has 1 aliphatic rings. The van der Waals surface area contributed by atoms with Crippen LogP contribution in [0.1, 0.15) is 24.3 Å². The number of hydrogen-bond donors (Lipinski definition) is 1. The van der Waals surface area contributed by atoms with Crippen LogP contribution in [0.4, 0.5) is 15.8 Å². The molecule has 3 rings (SSSR count). The fraction of sp³-hybridized carbons (Fsp3) is 0.333. The Labute approximate surface area is 125 Å². The van der Waals surface area contributed by atoms with Crippen molar-refractivity contribution in [2.45, 2.75) is 24.8 Å². The van der Waals surface area contributed by atoms with Crippen molar-refractivity contribution >= 4 is 11.4 Å². The van der Waals surface area contributed by atoms with Gasteiger partial charge in [0.05, 0.1) is 0 Å². The van der Waals surface area contributed by atoms with E-state index < -0.39 is 0 Å². The highest BCUT2D eigenvalue weighted by atomic mass is 19.1. The molecule has 3 heteroatoms. The predicted molar refractivity (Wildman–Crippen MR) is 86.6 cm³/mol. The topological polar surface area (TPSA) is 15.3 Å². The van der Waals surface area contributed by atoms with Gasteiger partial charge in [0.1, 0.15) is 5.82 Å². The monoisotopic (exact) mass is 284 g/mol. The molecule has 1 saturated carbocycles. The summed E-state index contributed by atoms with van der Waals surface area (Å²) in [6, 6.07) is 15.9. The fourth-order valence-electron chi connectivity index (χ4n) is 2.85. The third-order valence-electron chi connectivity index (χ3n) is 4.21. The zero-order chi connectivity index (χ0) is 14.8. The van der Waals surface area contributed by atoms with Crippen LogP contribution < -0.4 is 10.2 Å². The summed E-state index contributed by atoms with van der Waals surface area (Å²) in [5.74, 6) is 0.397. The van der Waals surface area contributed by atoms with Gasteiger partial charge in [-0.3, -0.25) is 0 Å². The van der Waals surface area contributed by atoms with Crippen LogP contribution >= 0.6 is 0 Å². The van der Waals surface area contributed by atoms with E-state index in [1.807, 2.05) is 26.2 Å². The summed E-state index contributed by atoms with van der Waals surface area (Å²) in [5, 5.41) is 3.58. The summed E-state index contributed by atoms with van der Waals surface area (Å²) in [6.45, 7) is 0. The lowest BCUT2D eigenvalue weighted by Gasteiger charge is -2.37. The maximum atomic E-state index is 12.9. The van der Waals surface area contributed by atoms with Crippen LogP contribution in [0.2, 0.25) is 0 Å². The minimum absolute atomic E-state index is 0.159. The van der Waals surface area contributed by atoms with E-state index in [9.17, 15) is 4.39 Å². The van der Waals surface area contributed by atoms with E-state index in [1.165, 1.54) is 16.9 Å². The van der Waals surface area contributed by atoms with Gasteiger partial charge in [-0.2, -0.15) is 0 Å². The minimum atomic E-state index is -0.159. The van der Waals surface area contributed by atoms with Crippen LogP contribution in [-0.4, -0.2) is 20.1 Å². The van der Waals surface area contributed by atoms with Crippen molar-refractivity contribution in [3.8, 4) is 0 Å². The van der Waals surface area contributed by atoms with Crippen molar-refractivity contribution in [2.75, 3.05) is 24.3 Å². The van der Waals surface area contributed by atoms with Gasteiger partial charge in [0.15, 0.2) is 0 Å². The Morgan fingerprint density at radius 3 is 2.43 bits per heavy atom. The maximum absolute atomic E-state index is 12.9. The molecule has 21 heavy (non-hydrogen) atoms. The first-order valence-corrected chi connectivity index (χ1v) is 7.41. The lowest BCUT2D eigenvalue weighted by Crippen LogP contribution is -2.34. The number of nitrogens with zero attached hydrogens (tertiary/aromatic N) is 1. The number of anilines is 2. The smallest absolute Gasteiger partial charge is 0.123 e. The lowest BCUT2D eigenvalue weighted by molar-refractivity contribution is 0.374. The number of rotatable bonds is 4. The van der Waals surface area contributed by atoms with Gasteiger partial charge in [0, 0.05) is 31.5 Å². The summed E-state index contributed by atoms with van der Waals surface area (Å²) >= 11 is 0. The third kappa shape index (κ3) is 3.18. The van der Waals surface area contributed by atoms with Gasteiger partial charge in [0.2, 0.25) is 0 Å². The Morgan fingerprint density at radius 1 is 1.05 bits per heavy atom. The summed E-state index contributed by atoms with van der Waals surface area (Å²) in [6.07, 6.45) is 2.22. The molecule has 1 N–H and O–H groups in total. The Bertz CT molecular complexity index is 601. The van der Waals surface area contributed by atoms with E-state index in [1.54, 1.807) is 12.1 Å². The standard InChI is InChI=1S/C18H21FN2/c1-21(2)18-5-3-4-16(12-18)20-17-10-14(11-17)13-6-8-15(19)9-7-13/h3-9,12,14,17,20H,10-11H2,1-2H3. The lowest BCUT2D eigenvalue weighted by atomic mass is 9.76. The molecule has 2 nitrogen and oxygen atoms in total. The van der Waals surface area contributed by atoms with Crippen molar-refractivity contribution in [2.24, 2.45) is 0 Å². The summed E-state index contributed by atoms with van der Waals surface area (Å²) in [5.41, 5.74) is 3.62. The average molecular weight is 284 g/mol. The van der Waals surface area contributed by atoms with E-state index >= 15 is 0 Å². The second kappa shape index (κ2) is 5.76. The molecule has 0 bridgehead atoms. The minimum Gasteiger partial charge on any atom is -0.382 e. The van der Waals surface area contributed by atoms with Gasteiger partial charge < -0.3 is 10.2 Å². The number of halogens is 1. The van der Waals surface area contributed by atoms with E-state index in [2.05, 4.69) is 34.5 Å². The van der Waals surface area contributed by atoms with Crippen LogP contribution in [0.25, 0.3) is 0 Å². The summed E-state index contributed by atoms with van der Waals surface area (Å²) in [7, 11) is 4.10. The molecule has 1 aliphatic carbocycles. The maximum Gasteiger partial charge on any atom is 0.123 e. The van der Waals surface area contributed by atoms with Gasteiger partial charge in [-0.15, -0.1) is 0 Å². The Hall–Kier alpha value is -2.03. The molecule has 1 fully saturated rings. The molecule has 2 aromatic carbocycles.